The van der Waals surface area contributed by atoms with Crippen molar-refractivity contribution in [3.63, 3.8) is 0 Å². The molecule has 0 bridgehead atoms. The SMILES string of the molecule is Cc1ccccc1N1CCN(c2ccc([N+](=O)[O-])cn2)CC1. The van der Waals surface area contributed by atoms with Crippen LogP contribution in [0, 0.1) is 17.0 Å². The van der Waals surface area contributed by atoms with Crippen molar-refractivity contribution >= 4 is 17.2 Å². The molecule has 1 aromatic carbocycles. The van der Waals surface area contributed by atoms with E-state index in [0.717, 1.165) is 32.0 Å². The third-order valence-corrected chi connectivity index (χ3v) is 4.00. The van der Waals surface area contributed by atoms with Crippen LogP contribution >= 0.6 is 0 Å². The molecular weight excluding hydrogens is 280 g/mol. The number of hydrogen-bond donors (Lipinski definition) is 0. The van der Waals surface area contributed by atoms with Gasteiger partial charge in [0.1, 0.15) is 12.0 Å². The number of aromatic nitrogens is 1. The van der Waals surface area contributed by atoms with Crippen LogP contribution in [0.3, 0.4) is 0 Å². The van der Waals surface area contributed by atoms with Gasteiger partial charge in [0.05, 0.1) is 4.92 Å². The first kappa shape index (κ1) is 14.3. The lowest BCUT2D eigenvalue weighted by molar-refractivity contribution is -0.385. The molecule has 0 aliphatic carbocycles. The maximum atomic E-state index is 10.7. The van der Waals surface area contributed by atoms with Gasteiger partial charge >= 0.3 is 0 Å². The quantitative estimate of drug-likeness (QED) is 0.644. The van der Waals surface area contributed by atoms with E-state index in [1.54, 1.807) is 6.07 Å². The average molecular weight is 298 g/mol. The zero-order valence-electron chi connectivity index (χ0n) is 12.5. The highest BCUT2D eigenvalue weighted by Crippen LogP contribution is 2.23. The third kappa shape index (κ3) is 2.86. The highest BCUT2D eigenvalue weighted by atomic mass is 16.6. The number of nitro groups is 1. The Morgan fingerprint density at radius 3 is 2.32 bits per heavy atom. The summed E-state index contributed by atoms with van der Waals surface area (Å²) in [6, 6.07) is 11.6. The zero-order valence-corrected chi connectivity index (χ0v) is 12.5. The fourth-order valence-electron chi connectivity index (χ4n) is 2.77. The van der Waals surface area contributed by atoms with E-state index in [1.165, 1.54) is 23.5 Å². The van der Waals surface area contributed by atoms with Crippen molar-refractivity contribution in [3.05, 3.63) is 58.3 Å². The number of benzene rings is 1. The second-order valence-electron chi connectivity index (χ2n) is 5.39. The number of aryl methyl sites for hydroxylation is 1. The molecule has 1 saturated heterocycles. The van der Waals surface area contributed by atoms with Crippen molar-refractivity contribution in [1.29, 1.82) is 0 Å². The van der Waals surface area contributed by atoms with E-state index in [0.29, 0.717) is 0 Å². The Labute approximate surface area is 129 Å². The summed E-state index contributed by atoms with van der Waals surface area (Å²) < 4.78 is 0. The maximum Gasteiger partial charge on any atom is 0.287 e. The normalized spacial score (nSPS) is 15.0. The monoisotopic (exact) mass is 298 g/mol. The minimum atomic E-state index is -0.424. The lowest BCUT2D eigenvalue weighted by Crippen LogP contribution is -2.47. The number of piperazine rings is 1. The van der Waals surface area contributed by atoms with Crippen LogP contribution < -0.4 is 9.80 Å². The van der Waals surface area contributed by atoms with E-state index < -0.39 is 4.92 Å². The molecule has 2 aromatic rings. The molecule has 0 radical (unpaired) electrons. The zero-order chi connectivity index (χ0) is 15.5. The Balaban J connectivity index is 1.66. The topological polar surface area (TPSA) is 62.5 Å². The van der Waals surface area contributed by atoms with Crippen LogP contribution in [0.2, 0.25) is 0 Å². The summed E-state index contributed by atoms with van der Waals surface area (Å²) in [7, 11) is 0. The molecule has 0 N–H and O–H groups in total. The Morgan fingerprint density at radius 1 is 1.05 bits per heavy atom. The van der Waals surface area contributed by atoms with Gasteiger partial charge in [-0.3, -0.25) is 10.1 Å². The molecule has 0 spiro atoms. The Bertz CT molecular complexity index is 664. The Morgan fingerprint density at radius 2 is 1.73 bits per heavy atom. The van der Waals surface area contributed by atoms with Gasteiger partial charge in [0.15, 0.2) is 0 Å². The first-order chi connectivity index (χ1) is 10.6. The third-order valence-electron chi connectivity index (χ3n) is 4.00. The summed E-state index contributed by atoms with van der Waals surface area (Å²) in [5.41, 5.74) is 2.59. The van der Waals surface area contributed by atoms with Crippen molar-refractivity contribution in [3.8, 4) is 0 Å². The molecule has 22 heavy (non-hydrogen) atoms. The second-order valence-corrected chi connectivity index (χ2v) is 5.39. The van der Waals surface area contributed by atoms with Gasteiger partial charge in [-0.15, -0.1) is 0 Å². The predicted molar refractivity (Wildman–Crippen MR) is 86.5 cm³/mol. The first-order valence-corrected chi connectivity index (χ1v) is 7.31. The fraction of sp³-hybridized carbons (Fsp3) is 0.312. The van der Waals surface area contributed by atoms with Crippen molar-refractivity contribution in [2.45, 2.75) is 6.92 Å². The van der Waals surface area contributed by atoms with Crippen LogP contribution in [-0.2, 0) is 0 Å². The predicted octanol–water partition coefficient (Wildman–Crippen LogP) is 2.62. The summed E-state index contributed by atoms with van der Waals surface area (Å²) in [4.78, 5) is 19.0. The first-order valence-electron chi connectivity index (χ1n) is 7.31. The van der Waals surface area contributed by atoms with Crippen LogP contribution in [0.25, 0.3) is 0 Å². The number of hydrogen-bond acceptors (Lipinski definition) is 5. The molecule has 3 rings (SSSR count). The van der Waals surface area contributed by atoms with Gasteiger partial charge in [-0.2, -0.15) is 0 Å². The van der Waals surface area contributed by atoms with Crippen LogP contribution in [0.5, 0.6) is 0 Å². The molecule has 0 atom stereocenters. The van der Waals surface area contributed by atoms with Gasteiger partial charge in [-0.1, -0.05) is 18.2 Å². The lowest BCUT2D eigenvalue weighted by atomic mass is 10.1. The minimum Gasteiger partial charge on any atom is -0.368 e. The lowest BCUT2D eigenvalue weighted by Gasteiger charge is -2.37. The molecule has 114 valence electrons. The molecule has 1 aliphatic heterocycles. The average Bonchev–Trinajstić information content (AvgIpc) is 2.56. The molecule has 0 unspecified atom stereocenters. The molecule has 0 amide bonds. The molecule has 6 heteroatoms. The van der Waals surface area contributed by atoms with Crippen molar-refractivity contribution in [1.82, 2.24) is 4.98 Å². The standard InChI is InChI=1S/C16H18N4O2/c1-13-4-2-3-5-15(13)18-8-10-19(11-9-18)16-7-6-14(12-17-16)20(21)22/h2-7,12H,8-11H2,1H3. The summed E-state index contributed by atoms with van der Waals surface area (Å²) in [5.74, 6) is 0.801. The van der Waals surface area contributed by atoms with Crippen LogP contribution in [0.4, 0.5) is 17.2 Å². The number of anilines is 2. The van der Waals surface area contributed by atoms with Crippen LogP contribution in [0.15, 0.2) is 42.6 Å². The highest BCUT2D eigenvalue weighted by molar-refractivity contribution is 5.54. The molecule has 2 heterocycles. The van der Waals surface area contributed by atoms with E-state index >= 15 is 0 Å². The number of pyridine rings is 1. The van der Waals surface area contributed by atoms with Crippen molar-refractivity contribution in [2.24, 2.45) is 0 Å². The van der Waals surface area contributed by atoms with E-state index in [1.807, 2.05) is 0 Å². The number of rotatable bonds is 3. The fourth-order valence-corrected chi connectivity index (χ4v) is 2.77. The minimum absolute atomic E-state index is 0.0299. The van der Waals surface area contributed by atoms with E-state index in [-0.39, 0.29) is 5.69 Å². The Hall–Kier alpha value is -2.63. The summed E-state index contributed by atoms with van der Waals surface area (Å²) in [5, 5.41) is 10.7. The van der Waals surface area contributed by atoms with Crippen LogP contribution in [-0.4, -0.2) is 36.1 Å². The molecule has 0 saturated carbocycles. The van der Waals surface area contributed by atoms with Crippen molar-refractivity contribution < 1.29 is 4.92 Å². The second kappa shape index (κ2) is 6.01. The van der Waals surface area contributed by atoms with Gasteiger partial charge in [0, 0.05) is 37.9 Å². The van der Waals surface area contributed by atoms with Crippen molar-refractivity contribution in [2.75, 3.05) is 36.0 Å². The number of para-hydroxylation sites is 1. The Kier molecular flexibility index (Phi) is 3.91. The summed E-state index contributed by atoms with van der Waals surface area (Å²) >= 11 is 0. The largest absolute Gasteiger partial charge is 0.368 e. The van der Waals surface area contributed by atoms with Gasteiger partial charge in [-0.05, 0) is 24.6 Å². The van der Waals surface area contributed by atoms with Gasteiger partial charge in [0.2, 0.25) is 0 Å². The molecule has 6 nitrogen and oxygen atoms in total. The van der Waals surface area contributed by atoms with E-state index in [9.17, 15) is 10.1 Å². The van der Waals surface area contributed by atoms with Crippen LogP contribution in [0.1, 0.15) is 5.56 Å². The van der Waals surface area contributed by atoms with Gasteiger partial charge < -0.3 is 9.80 Å². The molecule has 1 aliphatic rings. The summed E-state index contributed by atoms with van der Waals surface area (Å²) in [6.45, 7) is 5.69. The summed E-state index contributed by atoms with van der Waals surface area (Å²) in [6.07, 6.45) is 1.32. The maximum absolute atomic E-state index is 10.7. The molecule has 1 aromatic heterocycles. The van der Waals surface area contributed by atoms with Gasteiger partial charge in [-0.25, -0.2) is 4.98 Å². The van der Waals surface area contributed by atoms with E-state index in [2.05, 4.69) is 46.0 Å². The molecular formula is C16H18N4O2. The van der Waals surface area contributed by atoms with E-state index in [4.69, 9.17) is 0 Å². The smallest absolute Gasteiger partial charge is 0.287 e. The van der Waals surface area contributed by atoms with Gasteiger partial charge in [0.25, 0.3) is 5.69 Å². The molecule has 1 fully saturated rings. The highest BCUT2D eigenvalue weighted by Gasteiger charge is 2.19. The number of nitrogens with zero attached hydrogens (tertiary/aromatic N) is 4.